The maximum absolute atomic E-state index is 5.66. The number of hydrogen-bond donors (Lipinski definition) is 2. The smallest absolute Gasteiger partial charge is 0.193 e. The minimum absolute atomic E-state index is 0.235. The van der Waals surface area contributed by atoms with Crippen molar-refractivity contribution in [3.8, 4) is 0 Å². The van der Waals surface area contributed by atoms with Crippen LogP contribution in [0.5, 0.6) is 0 Å². The molecular formula is C9H9ClN2O2. The molecule has 4 nitrogen and oxygen atoms in total. The van der Waals surface area contributed by atoms with Gasteiger partial charge in [-0.15, -0.1) is 0 Å². The third-order valence-electron chi connectivity index (χ3n) is 1.92. The molecule has 0 radical (unpaired) electrons. The molecule has 2 aromatic rings. The molecule has 0 saturated heterocycles. The Morgan fingerprint density at radius 2 is 2.21 bits per heavy atom. The van der Waals surface area contributed by atoms with Gasteiger partial charge >= 0.3 is 0 Å². The molecule has 2 aromatic heterocycles. The van der Waals surface area contributed by atoms with E-state index in [4.69, 9.17) is 26.3 Å². The van der Waals surface area contributed by atoms with Gasteiger partial charge in [-0.05, 0) is 29.8 Å². The minimum Gasteiger partial charge on any atom is -0.472 e. The zero-order valence-electron chi connectivity index (χ0n) is 7.24. The van der Waals surface area contributed by atoms with Gasteiger partial charge < -0.3 is 8.83 Å². The topological polar surface area (TPSA) is 64.3 Å². The quantitative estimate of drug-likeness (QED) is 0.604. The largest absolute Gasteiger partial charge is 0.472 e. The molecule has 74 valence electrons. The Labute approximate surface area is 85.6 Å². The van der Waals surface area contributed by atoms with E-state index in [1.807, 2.05) is 0 Å². The van der Waals surface area contributed by atoms with E-state index in [0.29, 0.717) is 11.0 Å². The van der Waals surface area contributed by atoms with Crippen molar-refractivity contribution in [2.45, 2.75) is 6.04 Å². The van der Waals surface area contributed by atoms with Crippen LogP contribution in [-0.2, 0) is 0 Å². The highest BCUT2D eigenvalue weighted by Crippen LogP contribution is 2.25. The Kier molecular flexibility index (Phi) is 2.58. The molecule has 0 aliphatic heterocycles. The van der Waals surface area contributed by atoms with Crippen molar-refractivity contribution in [2.75, 3.05) is 0 Å². The van der Waals surface area contributed by atoms with Crippen LogP contribution >= 0.6 is 11.6 Å². The minimum atomic E-state index is -0.235. The number of rotatable bonds is 3. The molecule has 0 aliphatic carbocycles. The van der Waals surface area contributed by atoms with Crippen LogP contribution in [0, 0.1) is 0 Å². The molecule has 0 saturated carbocycles. The lowest BCUT2D eigenvalue weighted by Crippen LogP contribution is -2.28. The molecule has 2 rings (SSSR count). The van der Waals surface area contributed by atoms with Crippen LogP contribution in [0.1, 0.15) is 17.4 Å². The highest BCUT2D eigenvalue weighted by molar-refractivity contribution is 6.28. The van der Waals surface area contributed by atoms with Gasteiger partial charge in [0, 0.05) is 5.56 Å². The first-order chi connectivity index (χ1) is 6.81. The van der Waals surface area contributed by atoms with E-state index in [2.05, 4.69) is 5.43 Å². The maximum atomic E-state index is 5.66. The second-order valence-corrected chi connectivity index (χ2v) is 3.17. The SMILES string of the molecule is NNC(c1ccoc1)c1ccc(Cl)o1. The summed E-state index contributed by atoms with van der Waals surface area (Å²) in [7, 11) is 0. The summed E-state index contributed by atoms with van der Waals surface area (Å²) >= 11 is 5.66. The van der Waals surface area contributed by atoms with Crippen molar-refractivity contribution in [2.24, 2.45) is 5.84 Å². The average molecular weight is 213 g/mol. The lowest BCUT2D eigenvalue weighted by atomic mass is 10.1. The molecule has 14 heavy (non-hydrogen) atoms. The molecule has 1 atom stereocenters. The normalized spacial score (nSPS) is 13.0. The van der Waals surface area contributed by atoms with Crippen LogP contribution in [0.4, 0.5) is 0 Å². The van der Waals surface area contributed by atoms with Crippen LogP contribution in [0.2, 0.25) is 5.22 Å². The Balaban J connectivity index is 2.31. The summed E-state index contributed by atoms with van der Waals surface area (Å²) in [4.78, 5) is 0. The van der Waals surface area contributed by atoms with Gasteiger partial charge in [-0.3, -0.25) is 5.84 Å². The van der Waals surface area contributed by atoms with E-state index in [1.165, 1.54) is 0 Å². The van der Waals surface area contributed by atoms with Gasteiger partial charge in [0.05, 0.1) is 12.5 Å². The van der Waals surface area contributed by atoms with Crippen molar-refractivity contribution in [3.63, 3.8) is 0 Å². The molecular weight excluding hydrogens is 204 g/mol. The molecule has 0 aromatic carbocycles. The molecule has 1 unspecified atom stereocenters. The Morgan fingerprint density at radius 3 is 2.71 bits per heavy atom. The van der Waals surface area contributed by atoms with Crippen LogP contribution in [0.3, 0.4) is 0 Å². The first kappa shape index (κ1) is 9.33. The number of nitrogens with one attached hydrogen (secondary N) is 1. The van der Waals surface area contributed by atoms with Gasteiger partial charge in [0.1, 0.15) is 11.8 Å². The zero-order chi connectivity index (χ0) is 9.97. The van der Waals surface area contributed by atoms with E-state index < -0.39 is 0 Å². The second kappa shape index (κ2) is 3.88. The second-order valence-electron chi connectivity index (χ2n) is 2.80. The maximum Gasteiger partial charge on any atom is 0.193 e. The summed E-state index contributed by atoms with van der Waals surface area (Å²) in [5.74, 6) is 6.06. The third-order valence-corrected chi connectivity index (χ3v) is 2.12. The lowest BCUT2D eigenvalue weighted by Gasteiger charge is -2.10. The standard InChI is InChI=1S/C9H9ClN2O2/c10-8-2-1-7(14-8)9(12-11)6-3-4-13-5-6/h1-5,9,12H,11H2. The fourth-order valence-corrected chi connectivity index (χ4v) is 1.42. The predicted octanol–water partition coefficient (Wildman–Crippen LogP) is 2.08. The molecule has 5 heteroatoms. The number of hydrogen-bond acceptors (Lipinski definition) is 4. The summed E-state index contributed by atoms with van der Waals surface area (Å²) in [5.41, 5.74) is 3.51. The van der Waals surface area contributed by atoms with Crippen molar-refractivity contribution in [3.05, 3.63) is 47.3 Å². The number of halogens is 1. The highest BCUT2D eigenvalue weighted by Gasteiger charge is 2.16. The molecule has 2 heterocycles. The van der Waals surface area contributed by atoms with E-state index >= 15 is 0 Å². The Bertz CT molecular complexity index is 397. The van der Waals surface area contributed by atoms with Gasteiger partial charge in [-0.2, -0.15) is 0 Å². The lowest BCUT2D eigenvalue weighted by molar-refractivity contribution is 0.450. The highest BCUT2D eigenvalue weighted by atomic mass is 35.5. The zero-order valence-corrected chi connectivity index (χ0v) is 7.99. The van der Waals surface area contributed by atoms with Crippen molar-refractivity contribution < 1.29 is 8.83 Å². The van der Waals surface area contributed by atoms with Gasteiger partial charge in [-0.25, -0.2) is 5.43 Å². The van der Waals surface area contributed by atoms with Crippen molar-refractivity contribution in [1.82, 2.24) is 5.43 Å². The van der Waals surface area contributed by atoms with E-state index in [-0.39, 0.29) is 6.04 Å². The summed E-state index contributed by atoms with van der Waals surface area (Å²) < 4.78 is 10.2. The fraction of sp³-hybridized carbons (Fsp3) is 0.111. The summed E-state index contributed by atoms with van der Waals surface area (Å²) in [6.07, 6.45) is 3.17. The first-order valence-corrected chi connectivity index (χ1v) is 4.42. The van der Waals surface area contributed by atoms with Crippen LogP contribution in [0.15, 0.2) is 39.6 Å². The molecule has 0 spiro atoms. The van der Waals surface area contributed by atoms with Crippen LogP contribution in [-0.4, -0.2) is 0 Å². The first-order valence-electron chi connectivity index (χ1n) is 4.04. The van der Waals surface area contributed by atoms with E-state index in [1.54, 1.807) is 30.7 Å². The molecule has 0 bridgehead atoms. The van der Waals surface area contributed by atoms with E-state index in [9.17, 15) is 0 Å². The third kappa shape index (κ3) is 1.68. The number of nitrogens with two attached hydrogens (primary N) is 1. The van der Waals surface area contributed by atoms with Gasteiger partial charge in [0.25, 0.3) is 0 Å². The summed E-state index contributed by atoms with van der Waals surface area (Å²) in [6, 6.07) is 5.00. The van der Waals surface area contributed by atoms with Crippen molar-refractivity contribution in [1.29, 1.82) is 0 Å². The summed E-state index contributed by atoms with van der Waals surface area (Å²) in [5, 5.41) is 0.337. The van der Waals surface area contributed by atoms with Crippen LogP contribution in [0.25, 0.3) is 0 Å². The van der Waals surface area contributed by atoms with E-state index in [0.717, 1.165) is 5.56 Å². The number of furan rings is 2. The van der Waals surface area contributed by atoms with Crippen LogP contribution < -0.4 is 11.3 Å². The average Bonchev–Trinajstić information content (AvgIpc) is 2.79. The van der Waals surface area contributed by atoms with Gasteiger partial charge in [0.2, 0.25) is 0 Å². The fourth-order valence-electron chi connectivity index (χ4n) is 1.27. The number of hydrazine groups is 1. The van der Waals surface area contributed by atoms with Gasteiger partial charge in [0.15, 0.2) is 5.22 Å². The molecule has 0 aliphatic rings. The molecule has 3 N–H and O–H groups in total. The predicted molar refractivity (Wildman–Crippen MR) is 51.6 cm³/mol. The Hall–Kier alpha value is -1.23. The summed E-state index contributed by atoms with van der Waals surface area (Å²) in [6.45, 7) is 0. The van der Waals surface area contributed by atoms with Crippen molar-refractivity contribution >= 4 is 11.6 Å². The molecule has 0 fully saturated rings. The molecule has 0 amide bonds. The van der Waals surface area contributed by atoms with Gasteiger partial charge in [-0.1, -0.05) is 0 Å². The Morgan fingerprint density at radius 1 is 1.36 bits per heavy atom. The monoisotopic (exact) mass is 212 g/mol.